The van der Waals surface area contributed by atoms with Crippen LogP contribution in [0, 0.1) is 20.8 Å². The maximum atomic E-state index is 13.0. The van der Waals surface area contributed by atoms with Crippen molar-refractivity contribution >= 4 is 23.2 Å². The van der Waals surface area contributed by atoms with Crippen LogP contribution in [0.1, 0.15) is 27.3 Å². The van der Waals surface area contributed by atoms with Crippen molar-refractivity contribution < 1.29 is 4.79 Å². The highest BCUT2D eigenvalue weighted by Gasteiger charge is 2.20. The number of nitrogens with zero attached hydrogens (tertiary/aromatic N) is 3. The summed E-state index contributed by atoms with van der Waals surface area (Å²) < 4.78 is 1.65. The zero-order valence-corrected chi connectivity index (χ0v) is 17.7. The van der Waals surface area contributed by atoms with Gasteiger partial charge in [0.1, 0.15) is 0 Å². The molecular weight excluding hydrogens is 396 g/mol. The molecule has 0 unspecified atom stereocenters. The standard InChI is InChI=1S/C24H21ClN4O/c1-15-8-7-11-21(17(15)3)26-24(30)22-27-23(18-9-5-4-6-10-18)29(28-22)19-13-12-16(2)20(25)14-19/h4-14H,1-3H3,(H,26,30). The highest BCUT2D eigenvalue weighted by Crippen LogP contribution is 2.25. The van der Waals surface area contributed by atoms with Gasteiger partial charge in [-0.15, -0.1) is 5.10 Å². The third-order valence-electron chi connectivity index (χ3n) is 5.10. The predicted molar refractivity (Wildman–Crippen MR) is 120 cm³/mol. The molecule has 0 radical (unpaired) electrons. The average molecular weight is 417 g/mol. The minimum atomic E-state index is -0.363. The Morgan fingerprint density at radius 1 is 0.933 bits per heavy atom. The van der Waals surface area contributed by atoms with Gasteiger partial charge in [0, 0.05) is 16.3 Å². The van der Waals surface area contributed by atoms with Crippen LogP contribution in [0.4, 0.5) is 5.69 Å². The van der Waals surface area contributed by atoms with Gasteiger partial charge in [-0.05, 0) is 55.7 Å². The van der Waals surface area contributed by atoms with E-state index in [2.05, 4.69) is 15.4 Å². The summed E-state index contributed by atoms with van der Waals surface area (Å²) in [4.78, 5) is 17.5. The van der Waals surface area contributed by atoms with E-state index in [1.54, 1.807) is 4.68 Å². The highest BCUT2D eigenvalue weighted by atomic mass is 35.5. The van der Waals surface area contributed by atoms with Crippen molar-refractivity contribution in [2.45, 2.75) is 20.8 Å². The Kier molecular flexibility index (Phi) is 5.38. The molecule has 5 nitrogen and oxygen atoms in total. The van der Waals surface area contributed by atoms with E-state index < -0.39 is 0 Å². The molecule has 0 atom stereocenters. The number of carbonyl (C=O) groups is 1. The summed E-state index contributed by atoms with van der Waals surface area (Å²) in [5, 5.41) is 8.07. The molecule has 30 heavy (non-hydrogen) atoms. The van der Waals surface area contributed by atoms with Crippen molar-refractivity contribution in [3.63, 3.8) is 0 Å². The Morgan fingerprint density at radius 3 is 2.43 bits per heavy atom. The summed E-state index contributed by atoms with van der Waals surface area (Å²) in [7, 11) is 0. The minimum absolute atomic E-state index is 0.0893. The molecule has 150 valence electrons. The maximum Gasteiger partial charge on any atom is 0.295 e. The van der Waals surface area contributed by atoms with Crippen LogP contribution in [-0.2, 0) is 0 Å². The first-order chi connectivity index (χ1) is 14.4. The lowest BCUT2D eigenvalue weighted by Crippen LogP contribution is -2.15. The molecule has 0 fully saturated rings. The fourth-order valence-corrected chi connectivity index (χ4v) is 3.32. The average Bonchev–Trinajstić information content (AvgIpc) is 3.20. The van der Waals surface area contributed by atoms with Crippen LogP contribution in [0.3, 0.4) is 0 Å². The van der Waals surface area contributed by atoms with Crippen LogP contribution < -0.4 is 5.32 Å². The van der Waals surface area contributed by atoms with Gasteiger partial charge in [0.2, 0.25) is 5.82 Å². The van der Waals surface area contributed by atoms with Crippen LogP contribution >= 0.6 is 11.6 Å². The Labute approximate surface area is 180 Å². The zero-order chi connectivity index (χ0) is 21.3. The van der Waals surface area contributed by atoms with Crippen molar-refractivity contribution in [1.29, 1.82) is 0 Å². The number of rotatable bonds is 4. The molecule has 1 amide bonds. The van der Waals surface area contributed by atoms with Gasteiger partial charge < -0.3 is 5.32 Å². The smallest absolute Gasteiger partial charge is 0.295 e. The van der Waals surface area contributed by atoms with Crippen molar-refractivity contribution in [1.82, 2.24) is 14.8 Å². The normalized spacial score (nSPS) is 10.8. The first-order valence-electron chi connectivity index (χ1n) is 9.60. The van der Waals surface area contributed by atoms with Crippen molar-refractivity contribution in [3.05, 3.63) is 94.3 Å². The van der Waals surface area contributed by atoms with Crippen LogP contribution in [0.25, 0.3) is 17.1 Å². The molecule has 1 N–H and O–H groups in total. The first kappa shape index (κ1) is 19.9. The molecule has 0 saturated carbocycles. The Hall–Kier alpha value is -3.44. The van der Waals surface area contributed by atoms with Gasteiger partial charge in [-0.1, -0.05) is 60.1 Å². The van der Waals surface area contributed by atoms with E-state index in [0.717, 1.165) is 33.6 Å². The van der Waals surface area contributed by atoms with Gasteiger partial charge in [-0.3, -0.25) is 4.79 Å². The minimum Gasteiger partial charge on any atom is -0.319 e. The third-order valence-corrected chi connectivity index (χ3v) is 5.50. The lowest BCUT2D eigenvalue weighted by molar-refractivity contribution is 0.101. The SMILES string of the molecule is Cc1ccc(-n2nc(C(=O)Nc3cccc(C)c3C)nc2-c2ccccc2)cc1Cl. The van der Waals surface area contributed by atoms with E-state index in [0.29, 0.717) is 10.8 Å². The molecule has 1 heterocycles. The number of halogens is 1. The molecule has 0 saturated heterocycles. The van der Waals surface area contributed by atoms with Crippen LogP contribution in [0.5, 0.6) is 0 Å². The van der Waals surface area contributed by atoms with E-state index in [1.165, 1.54) is 0 Å². The number of aromatic nitrogens is 3. The second-order valence-corrected chi connectivity index (χ2v) is 7.58. The molecule has 6 heteroatoms. The largest absolute Gasteiger partial charge is 0.319 e. The lowest BCUT2D eigenvalue weighted by Gasteiger charge is -2.08. The third kappa shape index (κ3) is 3.84. The molecule has 4 rings (SSSR count). The van der Waals surface area contributed by atoms with E-state index in [-0.39, 0.29) is 11.7 Å². The van der Waals surface area contributed by atoms with E-state index in [4.69, 9.17) is 11.6 Å². The van der Waals surface area contributed by atoms with E-state index in [9.17, 15) is 4.79 Å². The Morgan fingerprint density at radius 2 is 1.70 bits per heavy atom. The van der Waals surface area contributed by atoms with Crippen molar-refractivity contribution in [2.75, 3.05) is 5.32 Å². The number of benzene rings is 3. The number of hydrogen-bond donors (Lipinski definition) is 1. The molecule has 0 aliphatic heterocycles. The summed E-state index contributed by atoms with van der Waals surface area (Å²) >= 11 is 6.33. The summed E-state index contributed by atoms with van der Waals surface area (Å²) in [6.07, 6.45) is 0. The van der Waals surface area contributed by atoms with E-state index >= 15 is 0 Å². The topological polar surface area (TPSA) is 59.8 Å². The van der Waals surface area contributed by atoms with Gasteiger partial charge in [-0.2, -0.15) is 0 Å². The fourth-order valence-electron chi connectivity index (χ4n) is 3.14. The number of carbonyl (C=O) groups excluding carboxylic acids is 1. The summed E-state index contributed by atoms with van der Waals surface area (Å²) in [5.74, 6) is 0.297. The van der Waals surface area contributed by atoms with Crippen LogP contribution in [-0.4, -0.2) is 20.7 Å². The number of amides is 1. The number of anilines is 1. The molecule has 4 aromatic rings. The predicted octanol–water partition coefficient (Wildman–Crippen LogP) is 5.77. The summed E-state index contributed by atoms with van der Waals surface area (Å²) in [6, 6.07) is 21.1. The van der Waals surface area contributed by atoms with E-state index in [1.807, 2.05) is 87.5 Å². The number of aryl methyl sites for hydroxylation is 2. The summed E-state index contributed by atoms with van der Waals surface area (Å²) in [5.41, 5.74) is 5.42. The van der Waals surface area contributed by atoms with Gasteiger partial charge in [0.15, 0.2) is 5.82 Å². The molecule has 0 bridgehead atoms. The van der Waals surface area contributed by atoms with Crippen LogP contribution in [0.15, 0.2) is 66.7 Å². The lowest BCUT2D eigenvalue weighted by atomic mass is 10.1. The Balaban J connectivity index is 1.78. The fraction of sp³-hybridized carbons (Fsp3) is 0.125. The quantitative estimate of drug-likeness (QED) is 0.459. The second kappa shape index (κ2) is 8.13. The maximum absolute atomic E-state index is 13.0. The zero-order valence-electron chi connectivity index (χ0n) is 17.0. The van der Waals surface area contributed by atoms with Gasteiger partial charge in [0.05, 0.1) is 5.69 Å². The summed E-state index contributed by atoms with van der Waals surface area (Å²) in [6.45, 7) is 5.92. The number of nitrogens with one attached hydrogen (secondary N) is 1. The molecule has 0 aliphatic rings. The number of hydrogen-bond acceptors (Lipinski definition) is 3. The molecule has 1 aromatic heterocycles. The van der Waals surface area contributed by atoms with Crippen molar-refractivity contribution in [3.8, 4) is 17.1 Å². The molecular formula is C24H21ClN4O. The van der Waals surface area contributed by atoms with Crippen LogP contribution in [0.2, 0.25) is 5.02 Å². The van der Waals surface area contributed by atoms with Crippen molar-refractivity contribution in [2.24, 2.45) is 0 Å². The van der Waals surface area contributed by atoms with Gasteiger partial charge >= 0.3 is 0 Å². The van der Waals surface area contributed by atoms with Gasteiger partial charge in [0.25, 0.3) is 5.91 Å². The first-order valence-corrected chi connectivity index (χ1v) is 9.98. The molecule has 0 spiro atoms. The monoisotopic (exact) mass is 416 g/mol. The second-order valence-electron chi connectivity index (χ2n) is 7.17. The van der Waals surface area contributed by atoms with Gasteiger partial charge in [-0.25, -0.2) is 9.67 Å². The highest BCUT2D eigenvalue weighted by molar-refractivity contribution is 6.31. The Bertz CT molecular complexity index is 1230. The molecule has 0 aliphatic carbocycles. The molecule has 3 aromatic carbocycles.